The summed E-state index contributed by atoms with van der Waals surface area (Å²) >= 11 is 0. The Kier molecular flexibility index (Phi) is 6.85. The molecular formula is C49H33N5. The Labute approximate surface area is 311 Å². The highest BCUT2D eigenvalue weighted by atomic mass is 15.2. The third kappa shape index (κ3) is 4.79. The molecule has 0 amide bonds. The van der Waals surface area contributed by atoms with Gasteiger partial charge in [0.05, 0.1) is 22.1 Å². The number of amidine groups is 2. The zero-order valence-electron chi connectivity index (χ0n) is 29.3. The number of aromatic nitrogens is 2. The lowest BCUT2D eigenvalue weighted by atomic mass is 10.0. The smallest absolute Gasteiger partial charge is 0.159 e. The second-order valence-corrected chi connectivity index (χ2v) is 13.9. The normalized spacial score (nSPS) is 14.5. The van der Waals surface area contributed by atoms with Gasteiger partial charge in [0.2, 0.25) is 0 Å². The molecule has 1 aliphatic heterocycles. The molecule has 2 aromatic heterocycles. The van der Waals surface area contributed by atoms with Gasteiger partial charge in [0.1, 0.15) is 12.0 Å². The van der Waals surface area contributed by atoms with Gasteiger partial charge in [0, 0.05) is 44.0 Å². The summed E-state index contributed by atoms with van der Waals surface area (Å²) in [5.74, 6) is 1.52. The maximum Gasteiger partial charge on any atom is 0.159 e. The molecule has 0 radical (unpaired) electrons. The van der Waals surface area contributed by atoms with E-state index in [0.717, 1.165) is 45.3 Å². The molecule has 11 rings (SSSR count). The summed E-state index contributed by atoms with van der Waals surface area (Å²) in [5.41, 5.74) is 10.0. The number of para-hydroxylation sites is 2. The van der Waals surface area contributed by atoms with E-state index in [-0.39, 0.29) is 6.17 Å². The first kappa shape index (κ1) is 30.4. The van der Waals surface area contributed by atoms with Gasteiger partial charge in [0.25, 0.3) is 0 Å². The van der Waals surface area contributed by atoms with Gasteiger partial charge in [-0.15, -0.1) is 0 Å². The van der Waals surface area contributed by atoms with Gasteiger partial charge in [-0.25, -0.2) is 9.98 Å². The monoisotopic (exact) mass is 691 g/mol. The Balaban J connectivity index is 1.10. The van der Waals surface area contributed by atoms with Crippen molar-refractivity contribution in [3.8, 4) is 11.4 Å². The van der Waals surface area contributed by atoms with Crippen molar-refractivity contribution < 1.29 is 0 Å². The van der Waals surface area contributed by atoms with Gasteiger partial charge >= 0.3 is 0 Å². The van der Waals surface area contributed by atoms with Crippen LogP contribution in [0.5, 0.6) is 0 Å². The number of benzene rings is 8. The van der Waals surface area contributed by atoms with Crippen LogP contribution >= 0.6 is 0 Å². The summed E-state index contributed by atoms with van der Waals surface area (Å²) in [5, 5.41) is 11.1. The van der Waals surface area contributed by atoms with Gasteiger partial charge < -0.3 is 14.5 Å². The zero-order valence-corrected chi connectivity index (χ0v) is 29.3. The Bertz CT molecular complexity index is 3100. The van der Waals surface area contributed by atoms with E-state index in [0.29, 0.717) is 0 Å². The number of rotatable bonds is 5. The Hall–Kier alpha value is -7.24. The highest BCUT2D eigenvalue weighted by molar-refractivity contribution is 6.25. The minimum absolute atomic E-state index is 0.248. The summed E-state index contributed by atoms with van der Waals surface area (Å²) < 4.78 is 4.82. The van der Waals surface area contributed by atoms with Crippen molar-refractivity contribution in [3.63, 3.8) is 0 Å². The molecule has 3 heterocycles. The van der Waals surface area contributed by atoms with Crippen LogP contribution in [0.2, 0.25) is 0 Å². The molecule has 0 aliphatic carbocycles. The van der Waals surface area contributed by atoms with Crippen LogP contribution < -0.4 is 5.32 Å². The molecule has 1 atom stereocenters. The maximum absolute atomic E-state index is 5.05. The van der Waals surface area contributed by atoms with E-state index in [1.807, 2.05) is 24.3 Å². The summed E-state index contributed by atoms with van der Waals surface area (Å²) in [4.78, 5) is 10.1. The molecule has 54 heavy (non-hydrogen) atoms. The number of hydrogen-bond acceptors (Lipinski definition) is 3. The average molecular weight is 692 g/mol. The molecule has 1 N–H and O–H groups in total. The maximum atomic E-state index is 5.05. The molecule has 5 nitrogen and oxygen atoms in total. The van der Waals surface area contributed by atoms with Gasteiger partial charge in [-0.2, -0.15) is 0 Å². The van der Waals surface area contributed by atoms with Gasteiger partial charge in [0.15, 0.2) is 5.84 Å². The topological polar surface area (TPSA) is 46.6 Å². The Morgan fingerprint density at radius 2 is 1.06 bits per heavy atom. The van der Waals surface area contributed by atoms with E-state index >= 15 is 0 Å². The predicted octanol–water partition coefficient (Wildman–Crippen LogP) is 11.5. The molecule has 0 fully saturated rings. The third-order valence-corrected chi connectivity index (χ3v) is 10.8. The van der Waals surface area contributed by atoms with Crippen LogP contribution in [-0.2, 0) is 0 Å². The van der Waals surface area contributed by atoms with Crippen molar-refractivity contribution in [3.05, 3.63) is 205 Å². The van der Waals surface area contributed by atoms with Crippen molar-refractivity contribution in [2.75, 3.05) is 0 Å². The zero-order chi connectivity index (χ0) is 35.6. The number of nitrogens with zero attached hydrogens (tertiary/aromatic N) is 4. The molecule has 0 bridgehead atoms. The minimum Gasteiger partial charge on any atom is -0.344 e. The second kappa shape index (κ2) is 12.2. The lowest BCUT2D eigenvalue weighted by Gasteiger charge is -2.23. The molecule has 0 spiro atoms. The van der Waals surface area contributed by atoms with Crippen LogP contribution in [0.15, 0.2) is 198 Å². The fourth-order valence-electron chi connectivity index (χ4n) is 8.27. The van der Waals surface area contributed by atoms with Crippen LogP contribution in [0.3, 0.4) is 0 Å². The van der Waals surface area contributed by atoms with Crippen LogP contribution in [0.25, 0.3) is 65.8 Å². The van der Waals surface area contributed by atoms with Crippen molar-refractivity contribution in [2.45, 2.75) is 6.17 Å². The first-order valence-electron chi connectivity index (χ1n) is 18.4. The highest BCUT2D eigenvalue weighted by Gasteiger charge is 2.22. The van der Waals surface area contributed by atoms with Crippen LogP contribution in [-0.4, -0.2) is 20.8 Å². The van der Waals surface area contributed by atoms with E-state index in [2.05, 4.69) is 178 Å². The van der Waals surface area contributed by atoms with Crippen molar-refractivity contribution in [2.24, 2.45) is 9.98 Å². The van der Waals surface area contributed by atoms with Crippen molar-refractivity contribution >= 4 is 66.1 Å². The van der Waals surface area contributed by atoms with Gasteiger partial charge in [-0.05, 0) is 77.0 Å². The summed E-state index contributed by atoms with van der Waals surface area (Å²) in [6, 6.07) is 66.8. The summed E-state index contributed by atoms with van der Waals surface area (Å²) in [6.45, 7) is 0. The third-order valence-electron chi connectivity index (χ3n) is 10.8. The molecule has 10 aromatic rings. The van der Waals surface area contributed by atoms with Crippen molar-refractivity contribution in [1.82, 2.24) is 14.5 Å². The lowest BCUT2D eigenvalue weighted by Crippen LogP contribution is -2.33. The van der Waals surface area contributed by atoms with E-state index in [1.54, 1.807) is 0 Å². The number of fused-ring (bicyclic) bond motifs is 8. The summed E-state index contributed by atoms with van der Waals surface area (Å²) in [6.07, 6.45) is -0.248. The molecule has 5 heteroatoms. The van der Waals surface area contributed by atoms with Crippen LogP contribution in [0.1, 0.15) is 22.9 Å². The number of aliphatic imine (C=N–C) groups is 2. The molecular weight excluding hydrogens is 659 g/mol. The van der Waals surface area contributed by atoms with E-state index in [9.17, 15) is 0 Å². The van der Waals surface area contributed by atoms with Gasteiger partial charge in [-0.1, -0.05) is 127 Å². The van der Waals surface area contributed by atoms with E-state index < -0.39 is 0 Å². The quantitative estimate of drug-likeness (QED) is 0.192. The molecule has 254 valence electrons. The molecule has 0 saturated carbocycles. The predicted molar refractivity (Wildman–Crippen MR) is 224 cm³/mol. The standard InChI is InChI=1S/C49H33N5/c1-4-15-33(16-5-1)47-50-48(34-17-6-2-7-18-34)52-49(51-47)35-24-27-37(28-25-35)53-42-23-13-12-22-39(42)40-30-41-45(31-44(40)53)54(36-19-8-3-9-20-36)43-29-26-32-14-10-11-21-38(32)46(41)43/h1-31,47H,(H,50,51,52). The fraction of sp³-hybridized carbons (Fsp3) is 0.0204. The first-order valence-corrected chi connectivity index (χ1v) is 18.4. The lowest BCUT2D eigenvalue weighted by molar-refractivity contribution is 0.674. The Morgan fingerprint density at radius 3 is 1.85 bits per heavy atom. The van der Waals surface area contributed by atoms with Crippen LogP contribution in [0, 0.1) is 0 Å². The van der Waals surface area contributed by atoms with Crippen molar-refractivity contribution in [1.29, 1.82) is 0 Å². The SMILES string of the molecule is c1ccc(C2=NC(c3ccccc3)NC(c3ccc(-n4c5ccccc5c5cc6c7c8ccccc8ccc7n(-c7ccccc7)c6cc54)cc3)=N2)cc1. The summed E-state index contributed by atoms with van der Waals surface area (Å²) in [7, 11) is 0. The number of nitrogens with one attached hydrogen (secondary N) is 1. The average Bonchev–Trinajstić information content (AvgIpc) is 3.76. The Morgan fingerprint density at radius 1 is 0.426 bits per heavy atom. The fourth-order valence-corrected chi connectivity index (χ4v) is 8.27. The van der Waals surface area contributed by atoms with E-state index in [1.165, 1.54) is 48.9 Å². The molecule has 0 saturated heterocycles. The largest absolute Gasteiger partial charge is 0.344 e. The second-order valence-electron chi connectivity index (χ2n) is 13.9. The number of hydrogen-bond donors (Lipinski definition) is 1. The minimum atomic E-state index is -0.248. The van der Waals surface area contributed by atoms with Gasteiger partial charge in [-0.3, -0.25) is 0 Å². The highest BCUT2D eigenvalue weighted by Crippen LogP contribution is 2.42. The van der Waals surface area contributed by atoms with E-state index in [4.69, 9.17) is 9.98 Å². The molecule has 1 aliphatic rings. The molecule has 1 unspecified atom stereocenters. The van der Waals surface area contributed by atoms with Crippen LogP contribution in [0.4, 0.5) is 0 Å². The first-order chi connectivity index (χ1) is 26.8. The molecule has 8 aromatic carbocycles.